The number of carbonyl (C=O) groups excluding carboxylic acids is 1. The van der Waals surface area contributed by atoms with Gasteiger partial charge in [0.1, 0.15) is 0 Å². The minimum absolute atomic E-state index is 0.161. The SMILES string of the molecule is COC(=O)C[C@H](C)[C@H]1CC=CCO1. The smallest absolute Gasteiger partial charge is 0.305 e. The van der Waals surface area contributed by atoms with Gasteiger partial charge >= 0.3 is 5.97 Å². The predicted octanol–water partition coefficient (Wildman–Crippen LogP) is 1.53. The molecule has 0 aromatic carbocycles. The summed E-state index contributed by atoms with van der Waals surface area (Å²) in [6.07, 6.45) is 5.61. The maximum Gasteiger partial charge on any atom is 0.305 e. The van der Waals surface area contributed by atoms with Gasteiger partial charge in [0.25, 0.3) is 0 Å². The van der Waals surface area contributed by atoms with E-state index in [9.17, 15) is 4.79 Å². The van der Waals surface area contributed by atoms with E-state index in [1.165, 1.54) is 7.11 Å². The molecule has 13 heavy (non-hydrogen) atoms. The van der Waals surface area contributed by atoms with Gasteiger partial charge in [-0.1, -0.05) is 19.1 Å². The standard InChI is InChI=1S/C10H16O3/c1-8(7-10(11)12-2)9-5-3-4-6-13-9/h3-4,8-9H,5-7H2,1-2H3/t8-,9+/m0/s1. The lowest BCUT2D eigenvalue weighted by Crippen LogP contribution is -2.26. The zero-order valence-electron chi connectivity index (χ0n) is 8.16. The molecule has 1 aliphatic heterocycles. The lowest BCUT2D eigenvalue weighted by atomic mass is 9.97. The zero-order valence-corrected chi connectivity index (χ0v) is 8.16. The molecular formula is C10H16O3. The van der Waals surface area contributed by atoms with E-state index in [4.69, 9.17) is 4.74 Å². The van der Waals surface area contributed by atoms with Crippen LogP contribution in [-0.2, 0) is 14.3 Å². The van der Waals surface area contributed by atoms with Gasteiger partial charge < -0.3 is 9.47 Å². The van der Waals surface area contributed by atoms with E-state index < -0.39 is 0 Å². The normalized spacial score (nSPS) is 24.0. The van der Waals surface area contributed by atoms with Gasteiger partial charge in [0.05, 0.1) is 26.2 Å². The lowest BCUT2D eigenvalue weighted by Gasteiger charge is -2.24. The average molecular weight is 184 g/mol. The van der Waals surface area contributed by atoms with Crippen LogP contribution in [0, 0.1) is 5.92 Å². The number of hydrogen-bond acceptors (Lipinski definition) is 3. The maximum absolute atomic E-state index is 11.0. The van der Waals surface area contributed by atoms with Gasteiger partial charge in [-0.2, -0.15) is 0 Å². The summed E-state index contributed by atoms with van der Waals surface area (Å²) in [6.45, 7) is 2.68. The number of methoxy groups -OCH3 is 1. The highest BCUT2D eigenvalue weighted by Crippen LogP contribution is 2.18. The molecule has 0 unspecified atom stereocenters. The van der Waals surface area contributed by atoms with E-state index in [0.717, 1.165) is 6.42 Å². The molecule has 0 N–H and O–H groups in total. The second kappa shape index (κ2) is 5.02. The Hall–Kier alpha value is -0.830. The van der Waals surface area contributed by atoms with Crippen LogP contribution in [0.1, 0.15) is 19.8 Å². The summed E-state index contributed by atoms with van der Waals surface area (Å²) in [5.41, 5.74) is 0. The monoisotopic (exact) mass is 184 g/mol. The first-order chi connectivity index (χ1) is 6.24. The van der Waals surface area contributed by atoms with Crippen LogP contribution in [0.2, 0.25) is 0 Å². The first-order valence-electron chi connectivity index (χ1n) is 4.57. The minimum Gasteiger partial charge on any atom is -0.469 e. The summed E-state index contributed by atoms with van der Waals surface area (Å²) in [7, 11) is 1.41. The Morgan fingerprint density at radius 2 is 2.46 bits per heavy atom. The predicted molar refractivity (Wildman–Crippen MR) is 49.3 cm³/mol. The molecule has 1 aliphatic rings. The Labute approximate surface area is 78.7 Å². The number of esters is 1. The molecule has 0 aliphatic carbocycles. The first kappa shape index (κ1) is 10.3. The number of rotatable bonds is 3. The molecule has 0 spiro atoms. The van der Waals surface area contributed by atoms with Crippen LogP contribution < -0.4 is 0 Å². The fourth-order valence-corrected chi connectivity index (χ4v) is 1.42. The third-order valence-corrected chi connectivity index (χ3v) is 2.29. The van der Waals surface area contributed by atoms with E-state index in [-0.39, 0.29) is 18.0 Å². The Kier molecular flexibility index (Phi) is 3.96. The summed E-state index contributed by atoms with van der Waals surface area (Å²) in [5.74, 6) is 0.0723. The molecule has 1 heterocycles. The van der Waals surface area contributed by atoms with E-state index >= 15 is 0 Å². The summed E-state index contributed by atoms with van der Waals surface area (Å²) in [4.78, 5) is 11.0. The molecule has 0 bridgehead atoms. The van der Waals surface area contributed by atoms with Crippen LogP contribution in [0.4, 0.5) is 0 Å². The van der Waals surface area contributed by atoms with E-state index in [2.05, 4.69) is 10.8 Å². The molecule has 0 amide bonds. The van der Waals surface area contributed by atoms with Crippen molar-refractivity contribution >= 4 is 5.97 Å². The molecule has 2 atom stereocenters. The van der Waals surface area contributed by atoms with Crippen LogP contribution in [0.25, 0.3) is 0 Å². The summed E-state index contributed by atoms with van der Waals surface area (Å²) in [6, 6.07) is 0. The van der Waals surface area contributed by atoms with Crippen LogP contribution in [0.3, 0.4) is 0 Å². The van der Waals surface area contributed by atoms with Crippen LogP contribution in [0.15, 0.2) is 12.2 Å². The van der Waals surface area contributed by atoms with Gasteiger partial charge in [0.2, 0.25) is 0 Å². The van der Waals surface area contributed by atoms with Gasteiger partial charge in [-0.25, -0.2) is 0 Å². The molecule has 0 fully saturated rings. The topological polar surface area (TPSA) is 35.5 Å². The Morgan fingerprint density at radius 1 is 1.69 bits per heavy atom. The molecule has 0 saturated carbocycles. The first-order valence-corrected chi connectivity index (χ1v) is 4.57. The number of ether oxygens (including phenoxy) is 2. The molecule has 0 radical (unpaired) electrons. The van der Waals surface area contributed by atoms with Crippen molar-refractivity contribution in [2.45, 2.75) is 25.9 Å². The van der Waals surface area contributed by atoms with Crippen molar-refractivity contribution in [1.82, 2.24) is 0 Å². The summed E-state index contributed by atoms with van der Waals surface area (Å²) in [5, 5.41) is 0. The van der Waals surface area contributed by atoms with Crippen molar-refractivity contribution in [3.05, 3.63) is 12.2 Å². The van der Waals surface area contributed by atoms with Crippen molar-refractivity contribution < 1.29 is 14.3 Å². The highest BCUT2D eigenvalue weighted by atomic mass is 16.5. The fourth-order valence-electron chi connectivity index (χ4n) is 1.42. The molecule has 0 aromatic heterocycles. The van der Waals surface area contributed by atoms with Crippen molar-refractivity contribution in [1.29, 1.82) is 0 Å². The highest BCUT2D eigenvalue weighted by molar-refractivity contribution is 5.69. The third-order valence-electron chi connectivity index (χ3n) is 2.29. The maximum atomic E-state index is 11.0. The number of carbonyl (C=O) groups is 1. The van der Waals surface area contributed by atoms with Crippen molar-refractivity contribution in [2.24, 2.45) is 5.92 Å². The third kappa shape index (κ3) is 3.19. The second-order valence-electron chi connectivity index (χ2n) is 3.34. The van der Waals surface area contributed by atoms with Crippen LogP contribution >= 0.6 is 0 Å². The molecule has 0 aromatic rings. The minimum atomic E-state index is -0.161. The molecule has 3 nitrogen and oxygen atoms in total. The van der Waals surface area contributed by atoms with Gasteiger partial charge in [0, 0.05) is 0 Å². The second-order valence-corrected chi connectivity index (χ2v) is 3.34. The van der Waals surface area contributed by atoms with Crippen LogP contribution in [0.5, 0.6) is 0 Å². The van der Waals surface area contributed by atoms with Crippen molar-refractivity contribution in [3.63, 3.8) is 0 Å². The highest BCUT2D eigenvalue weighted by Gasteiger charge is 2.21. The quantitative estimate of drug-likeness (QED) is 0.493. The molecule has 1 rings (SSSR count). The van der Waals surface area contributed by atoms with Gasteiger partial charge in [0.15, 0.2) is 0 Å². The van der Waals surface area contributed by atoms with E-state index in [1.54, 1.807) is 0 Å². The largest absolute Gasteiger partial charge is 0.469 e. The molecule has 74 valence electrons. The lowest BCUT2D eigenvalue weighted by molar-refractivity contribution is -0.142. The Balaban J connectivity index is 2.33. The average Bonchev–Trinajstić information content (AvgIpc) is 2.19. The molecule has 3 heteroatoms. The zero-order chi connectivity index (χ0) is 9.68. The van der Waals surface area contributed by atoms with Gasteiger partial charge in [-0.3, -0.25) is 4.79 Å². The summed E-state index contributed by atoms with van der Waals surface area (Å²) >= 11 is 0. The molecular weight excluding hydrogens is 168 g/mol. The summed E-state index contributed by atoms with van der Waals surface area (Å²) < 4.78 is 10.1. The molecule has 0 saturated heterocycles. The van der Waals surface area contributed by atoms with Crippen molar-refractivity contribution in [2.75, 3.05) is 13.7 Å². The van der Waals surface area contributed by atoms with Crippen molar-refractivity contribution in [3.8, 4) is 0 Å². The Bertz CT molecular complexity index is 198. The van der Waals surface area contributed by atoms with Gasteiger partial charge in [-0.15, -0.1) is 0 Å². The van der Waals surface area contributed by atoms with E-state index in [0.29, 0.717) is 13.0 Å². The fraction of sp³-hybridized carbons (Fsp3) is 0.700. The Morgan fingerprint density at radius 3 is 3.00 bits per heavy atom. The number of hydrogen-bond donors (Lipinski definition) is 0. The van der Waals surface area contributed by atoms with E-state index in [1.807, 2.05) is 13.0 Å². The van der Waals surface area contributed by atoms with Crippen LogP contribution in [-0.4, -0.2) is 25.8 Å². The van der Waals surface area contributed by atoms with Gasteiger partial charge in [-0.05, 0) is 12.3 Å².